The largest absolute Gasteiger partial charge is 0.395 e. The van der Waals surface area contributed by atoms with Gasteiger partial charge in [-0.2, -0.15) is 0 Å². The molecule has 4 nitrogen and oxygen atoms in total. The summed E-state index contributed by atoms with van der Waals surface area (Å²) in [6.45, 7) is -0.252. The number of carbonyl (C=O) groups excluding carboxylic acids is 1. The van der Waals surface area contributed by atoms with Gasteiger partial charge in [-0.05, 0) is 12.1 Å². The zero-order valence-electron chi connectivity index (χ0n) is 7.18. The maximum Gasteiger partial charge on any atom is 0.238 e. The van der Waals surface area contributed by atoms with E-state index in [1.165, 1.54) is 6.07 Å². The first kappa shape index (κ1) is 10.4. The van der Waals surface area contributed by atoms with Crippen molar-refractivity contribution in [3.05, 3.63) is 23.8 Å². The molecule has 0 atom stereocenters. The highest BCUT2D eigenvalue weighted by Gasteiger charge is 2.11. The molecule has 0 radical (unpaired) electrons. The predicted octanol–water partition coefficient (Wildman–Crippen LogP) is 0.444. The van der Waals surface area contributed by atoms with Gasteiger partial charge in [0, 0.05) is 0 Å². The molecule has 0 saturated carbocycles. The lowest BCUT2D eigenvalue weighted by Gasteiger charge is -2.07. The lowest BCUT2D eigenvalue weighted by Crippen LogP contribution is -2.22. The number of hydrogen-bond donors (Lipinski definition) is 3. The van der Waals surface area contributed by atoms with Gasteiger partial charge in [0.25, 0.3) is 0 Å². The summed E-state index contributed by atoms with van der Waals surface area (Å²) in [5.74, 6) is -2.77. The van der Waals surface area contributed by atoms with Crippen molar-refractivity contribution in [3.63, 3.8) is 0 Å². The Morgan fingerprint density at radius 2 is 2.07 bits per heavy atom. The van der Waals surface area contributed by atoms with Crippen LogP contribution in [0.25, 0.3) is 0 Å². The van der Waals surface area contributed by atoms with Gasteiger partial charge < -0.3 is 16.8 Å². The molecule has 1 rings (SSSR count). The fourth-order valence-electron chi connectivity index (χ4n) is 0.877. The van der Waals surface area contributed by atoms with Crippen LogP contribution in [-0.4, -0.2) is 12.5 Å². The molecule has 6 heteroatoms. The number of rotatable bonds is 2. The molecule has 1 aromatic rings. The fourth-order valence-corrected chi connectivity index (χ4v) is 0.877. The Balaban J connectivity index is 3.00. The lowest BCUT2D eigenvalue weighted by atomic mass is 10.2. The van der Waals surface area contributed by atoms with Crippen molar-refractivity contribution in [2.75, 3.05) is 17.6 Å². The molecule has 0 fully saturated rings. The van der Waals surface area contributed by atoms with Gasteiger partial charge in [0.05, 0.1) is 17.9 Å². The maximum atomic E-state index is 12.9. The van der Waals surface area contributed by atoms with Crippen LogP contribution in [-0.2, 0) is 4.79 Å². The molecule has 76 valence electrons. The first-order valence-corrected chi connectivity index (χ1v) is 3.79. The number of carbonyl (C=O) groups is 1. The number of hydrogen-bond acceptors (Lipinski definition) is 3. The molecule has 0 bridgehead atoms. The number of amides is 1. The van der Waals surface area contributed by atoms with E-state index >= 15 is 0 Å². The van der Waals surface area contributed by atoms with Crippen molar-refractivity contribution in [2.24, 2.45) is 5.73 Å². The van der Waals surface area contributed by atoms with Crippen molar-refractivity contribution < 1.29 is 13.6 Å². The molecule has 0 unspecified atom stereocenters. The van der Waals surface area contributed by atoms with E-state index in [1.807, 2.05) is 0 Å². The van der Waals surface area contributed by atoms with E-state index in [0.29, 0.717) is 0 Å². The summed E-state index contributed by atoms with van der Waals surface area (Å²) in [4.78, 5) is 10.8. The van der Waals surface area contributed by atoms with Crippen LogP contribution in [0.15, 0.2) is 12.1 Å². The Kier molecular flexibility index (Phi) is 2.98. The molecular formula is C8H9F2N3O. The normalized spacial score (nSPS) is 9.93. The van der Waals surface area contributed by atoms with Gasteiger partial charge >= 0.3 is 0 Å². The predicted molar refractivity (Wildman–Crippen MR) is 48.5 cm³/mol. The Hall–Kier alpha value is -1.69. The third kappa shape index (κ3) is 1.97. The molecule has 0 saturated heterocycles. The minimum atomic E-state index is -1.18. The van der Waals surface area contributed by atoms with Crippen molar-refractivity contribution in [2.45, 2.75) is 0 Å². The summed E-state index contributed by atoms with van der Waals surface area (Å²) in [6.07, 6.45) is 0. The van der Waals surface area contributed by atoms with E-state index in [9.17, 15) is 13.6 Å². The molecule has 0 spiro atoms. The number of nitrogens with one attached hydrogen (secondary N) is 1. The first-order chi connectivity index (χ1) is 6.56. The van der Waals surface area contributed by atoms with Crippen molar-refractivity contribution in [1.29, 1.82) is 0 Å². The topological polar surface area (TPSA) is 81.1 Å². The standard InChI is InChI=1S/C8H9F2N3O/c9-4-1-2-5(8(12)7(4)10)13-6(14)3-11/h1-2H,3,11-12H2,(H,13,14). The van der Waals surface area contributed by atoms with Crippen molar-refractivity contribution >= 4 is 17.3 Å². The Morgan fingerprint density at radius 3 is 2.64 bits per heavy atom. The second-order valence-electron chi connectivity index (χ2n) is 2.57. The van der Waals surface area contributed by atoms with Gasteiger partial charge in [0.1, 0.15) is 0 Å². The van der Waals surface area contributed by atoms with Crippen molar-refractivity contribution in [1.82, 2.24) is 0 Å². The van der Waals surface area contributed by atoms with Gasteiger partial charge in [0.2, 0.25) is 5.91 Å². The van der Waals surface area contributed by atoms with E-state index in [0.717, 1.165) is 6.07 Å². The van der Waals surface area contributed by atoms with E-state index in [4.69, 9.17) is 11.5 Å². The average Bonchev–Trinajstić information content (AvgIpc) is 2.19. The third-order valence-electron chi connectivity index (χ3n) is 1.59. The number of nitrogens with two attached hydrogens (primary N) is 2. The Morgan fingerprint density at radius 1 is 1.43 bits per heavy atom. The highest BCUT2D eigenvalue weighted by molar-refractivity contribution is 5.94. The van der Waals surface area contributed by atoms with Crippen LogP contribution < -0.4 is 16.8 Å². The number of halogens is 2. The number of anilines is 2. The molecule has 1 amide bonds. The zero-order chi connectivity index (χ0) is 10.7. The quantitative estimate of drug-likeness (QED) is 0.607. The van der Waals surface area contributed by atoms with E-state index in [2.05, 4.69) is 5.32 Å². The van der Waals surface area contributed by atoms with Gasteiger partial charge in [-0.3, -0.25) is 4.79 Å². The molecule has 0 aliphatic rings. The molecule has 14 heavy (non-hydrogen) atoms. The van der Waals surface area contributed by atoms with Gasteiger partial charge in [-0.15, -0.1) is 0 Å². The summed E-state index contributed by atoms with van der Waals surface area (Å²) in [6, 6.07) is 2.04. The lowest BCUT2D eigenvalue weighted by molar-refractivity contribution is -0.114. The zero-order valence-corrected chi connectivity index (χ0v) is 7.18. The minimum absolute atomic E-state index is 0.0133. The van der Waals surface area contributed by atoms with Crippen LogP contribution in [0.1, 0.15) is 0 Å². The van der Waals surface area contributed by atoms with E-state index in [1.54, 1.807) is 0 Å². The van der Waals surface area contributed by atoms with Crippen LogP contribution in [0.5, 0.6) is 0 Å². The molecular weight excluding hydrogens is 192 g/mol. The van der Waals surface area contributed by atoms with E-state index in [-0.39, 0.29) is 12.2 Å². The molecule has 0 aromatic heterocycles. The highest BCUT2D eigenvalue weighted by Crippen LogP contribution is 2.23. The van der Waals surface area contributed by atoms with Crippen LogP contribution in [0.4, 0.5) is 20.2 Å². The summed E-state index contributed by atoms with van der Waals surface area (Å²) in [5.41, 5.74) is 9.81. The second-order valence-corrected chi connectivity index (χ2v) is 2.57. The smallest absolute Gasteiger partial charge is 0.238 e. The fraction of sp³-hybridized carbons (Fsp3) is 0.125. The van der Waals surface area contributed by atoms with E-state index < -0.39 is 23.2 Å². The van der Waals surface area contributed by atoms with Gasteiger partial charge in [-0.1, -0.05) is 0 Å². The molecule has 1 aromatic carbocycles. The molecule has 5 N–H and O–H groups in total. The summed E-state index contributed by atoms with van der Waals surface area (Å²) >= 11 is 0. The molecule has 0 aliphatic heterocycles. The minimum Gasteiger partial charge on any atom is -0.395 e. The SMILES string of the molecule is NCC(=O)Nc1ccc(F)c(F)c1N. The number of benzene rings is 1. The first-order valence-electron chi connectivity index (χ1n) is 3.79. The highest BCUT2D eigenvalue weighted by atomic mass is 19.2. The maximum absolute atomic E-state index is 12.9. The van der Waals surface area contributed by atoms with Gasteiger partial charge in [-0.25, -0.2) is 8.78 Å². The average molecular weight is 201 g/mol. The third-order valence-corrected chi connectivity index (χ3v) is 1.59. The van der Waals surface area contributed by atoms with Crippen LogP contribution in [0.2, 0.25) is 0 Å². The summed E-state index contributed by atoms with van der Waals surface area (Å²) < 4.78 is 25.4. The monoisotopic (exact) mass is 201 g/mol. The molecule has 0 aliphatic carbocycles. The molecule has 0 heterocycles. The summed E-state index contributed by atoms with van der Waals surface area (Å²) in [7, 11) is 0. The van der Waals surface area contributed by atoms with Crippen molar-refractivity contribution in [3.8, 4) is 0 Å². The second kappa shape index (κ2) is 4.01. The Bertz CT molecular complexity index is 368. The van der Waals surface area contributed by atoms with Gasteiger partial charge in [0.15, 0.2) is 11.6 Å². The van der Waals surface area contributed by atoms with Crippen LogP contribution in [0, 0.1) is 11.6 Å². The Labute approximate surface area is 78.9 Å². The van der Waals surface area contributed by atoms with Crippen LogP contribution >= 0.6 is 0 Å². The summed E-state index contributed by atoms with van der Waals surface area (Å²) in [5, 5.41) is 2.23. The number of nitrogen functional groups attached to an aromatic ring is 1. The van der Waals surface area contributed by atoms with Crippen LogP contribution in [0.3, 0.4) is 0 Å².